The van der Waals surface area contributed by atoms with Crippen LogP contribution in [0, 0.1) is 0 Å². The van der Waals surface area contributed by atoms with E-state index in [9.17, 15) is 15.0 Å². The van der Waals surface area contributed by atoms with Crippen molar-refractivity contribution in [2.75, 3.05) is 18.0 Å². The molecule has 0 saturated carbocycles. The third-order valence-electron chi connectivity index (χ3n) is 4.21. The third kappa shape index (κ3) is 2.25. The van der Waals surface area contributed by atoms with Crippen LogP contribution in [0.25, 0.3) is 11.6 Å². The van der Waals surface area contributed by atoms with Gasteiger partial charge in [-0.2, -0.15) is 0 Å². The summed E-state index contributed by atoms with van der Waals surface area (Å²) < 4.78 is 5.70. The second-order valence-electron chi connectivity index (χ2n) is 5.73. The first kappa shape index (κ1) is 14.5. The van der Waals surface area contributed by atoms with Gasteiger partial charge in [0.2, 0.25) is 5.88 Å². The summed E-state index contributed by atoms with van der Waals surface area (Å²) in [6, 6.07) is 3.66. The fourth-order valence-corrected chi connectivity index (χ4v) is 3.04. The van der Waals surface area contributed by atoms with Crippen molar-refractivity contribution in [1.82, 2.24) is 4.98 Å². The highest BCUT2D eigenvalue weighted by molar-refractivity contribution is 6.21. The van der Waals surface area contributed by atoms with Crippen LogP contribution in [0.5, 0.6) is 5.75 Å². The first-order valence-electron chi connectivity index (χ1n) is 7.70. The molecule has 0 aliphatic carbocycles. The molecule has 4 rings (SSSR count). The fourth-order valence-electron chi connectivity index (χ4n) is 3.04. The number of anilines is 1. The quantitative estimate of drug-likeness (QED) is 0.900. The smallest absolute Gasteiger partial charge is 0.345 e. The van der Waals surface area contributed by atoms with Crippen molar-refractivity contribution in [3.63, 3.8) is 0 Å². The highest BCUT2D eigenvalue weighted by atomic mass is 16.4. The number of aromatic carboxylic acids is 1. The number of allylic oxidation sites excluding steroid dienone is 1. The standard InChI is InChI=1S/C17H15N3O4/c21-14-12(8-10-9-19-15-11(10)4-3-5-18-15)24-16(13(14)17(22)23)20-6-1-2-7-20/h3-5,8-9,21H,1-2,6-7H2,(H,22,23). The summed E-state index contributed by atoms with van der Waals surface area (Å²) in [7, 11) is 0. The van der Waals surface area contributed by atoms with Crippen molar-refractivity contribution in [2.24, 2.45) is 4.99 Å². The predicted molar refractivity (Wildman–Crippen MR) is 89.0 cm³/mol. The minimum absolute atomic E-state index is 0.118. The van der Waals surface area contributed by atoms with Crippen LogP contribution in [-0.4, -0.2) is 40.5 Å². The van der Waals surface area contributed by atoms with Gasteiger partial charge in [0.15, 0.2) is 22.9 Å². The minimum atomic E-state index is -1.20. The van der Waals surface area contributed by atoms with Gasteiger partial charge in [0.1, 0.15) is 0 Å². The Balaban J connectivity index is 1.80. The van der Waals surface area contributed by atoms with Crippen LogP contribution in [0.3, 0.4) is 0 Å². The Morgan fingerprint density at radius 2 is 2.12 bits per heavy atom. The summed E-state index contributed by atoms with van der Waals surface area (Å²) in [6.07, 6.45) is 6.82. The number of hydrogen-bond acceptors (Lipinski definition) is 6. The molecular weight excluding hydrogens is 310 g/mol. The summed E-state index contributed by atoms with van der Waals surface area (Å²) in [4.78, 5) is 21.7. The van der Waals surface area contributed by atoms with E-state index in [1.54, 1.807) is 24.6 Å². The van der Waals surface area contributed by atoms with Crippen LogP contribution in [-0.2, 0) is 0 Å². The molecule has 2 aliphatic heterocycles. The molecule has 4 heterocycles. The van der Waals surface area contributed by atoms with Crippen molar-refractivity contribution in [3.8, 4) is 5.75 Å². The van der Waals surface area contributed by atoms with E-state index in [1.165, 1.54) is 0 Å². The van der Waals surface area contributed by atoms with Gasteiger partial charge in [0, 0.05) is 36.6 Å². The number of aliphatic imine (C=N–C) groups is 1. The number of rotatable bonds is 3. The maximum absolute atomic E-state index is 11.5. The van der Waals surface area contributed by atoms with E-state index in [-0.39, 0.29) is 23.0 Å². The van der Waals surface area contributed by atoms with Crippen molar-refractivity contribution in [2.45, 2.75) is 12.8 Å². The summed E-state index contributed by atoms with van der Waals surface area (Å²) in [6.45, 7) is 1.44. The normalized spacial score (nSPS) is 17.7. The molecule has 0 spiro atoms. The topological polar surface area (TPSA) is 99.2 Å². The summed E-state index contributed by atoms with van der Waals surface area (Å²) in [5.74, 6) is -0.640. The molecule has 0 atom stereocenters. The van der Waals surface area contributed by atoms with Gasteiger partial charge in [-0.25, -0.2) is 14.8 Å². The van der Waals surface area contributed by atoms with E-state index in [2.05, 4.69) is 9.98 Å². The molecule has 0 bridgehead atoms. The molecular formula is C17H15N3O4. The number of fused-ring (bicyclic) bond motifs is 1. The molecule has 7 nitrogen and oxygen atoms in total. The van der Waals surface area contributed by atoms with Crippen LogP contribution >= 0.6 is 0 Å². The molecule has 2 aromatic heterocycles. The minimum Gasteiger partial charge on any atom is -0.504 e. The summed E-state index contributed by atoms with van der Waals surface area (Å²) in [5.41, 5.74) is 1.34. The monoisotopic (exact) mass is 325 g/mol. The van der Waals surface area contributed by atoms with Crippen LogP contribution in [0.15, 0.2) is 27.7 Å². The predicted octanol–water partition coefficient (Wildman–Crippen LogP) is 2.94. The Labute approximate surface area is 137 Å². The first-order chi connectivity index (χ1) is 11.6. The lowest BCUT2D eigenvalue weighted by Crippen LogP contribution is -2.19. The van der Waals surface area contributed by atoms with Gasteiger partial charge in [-0.1, -0.05) is 0 Å². The van der Waals surface area contributed by atoms with E-state index >= 15 is 0 Å². The van der Waals surface area contributed by atoms with Crippen molar-refractivity contribution in [1.29, 1.82) is 0 Å². The van der Waals surface area contributed by atoms with Crippen LogP contribution in [0.4, 0.5) is 11.7 Å². The second kappa shape index (κ2) is 5.52. The van der Waals surface area contributed by atoms with E-state index in [0.717, 1.165) is 31.5 Å². The fraction of sp³-hybridized carbons (Fsp3) is 0.235. The molecule has 24 heavy (non-hydrogen) atoms. The molecule has 2 aliphatic rings. The first-order valence-corrected chi connectivity index (χ1v) is 7.70. The Bertz CT molecular complexity index is 876. The molecule has 0 radical (unpaired) electrons. The summed E-state index contributed by atoms with van der Waals surface area (Å²) in [5, 5.41) is 19.8. The Hall–Kier alpha value is -3.09. The van der Waals surface area contributed by atoms with Gasteiger partial charge in [-0.3, -0.25) is 0 Å². The highest BCUT2D eigenvalue weighted by Gasteiger charge is 2.30. The third-order valence-corrected chi connectivity index (χ3v) is 4.21. The Morgan fingerprint density at radius 3 is 2.88 bits per heavy atom. The molecule has 1 saturated heterocycles. The molecule has 2 N–H and O–H groups in total. The highest BCUT2D eigenvalue weighted by Crippen LogP contribution is 2.40. The van der Waals surface area contributed by atoms with Crippen molar-refractivity contribution >= 4 is 35.5 Å². The van der Waals surface area contributed by atoms with Crippen LogP contribution in [0.1, 0.15) is 34.5 Å². The number of carboxylic acid groups (broad SMARTS) is 1. The van der Waals surface area contributed by atoms with Crippen LogP contribution < -0.4 is 4.90 Å². The maximum atomic E-state index is 11.5. The maximum Gasteiger partial charge on any atom is 0.345 e. The van der Waals surface area contributed by atoms with Crippen LogP contribution in [0.2, 0.25) is 0 Å². The summed E-state index contributed by atoms with van der Waals surface area (Å²) >= 11 is 0. The molecule has 1 fully saturated rings. The number of furan rings is 1. The van der Waals surface area contributed by atoms with E-state index in [0.29, 0.717) is 11.4 Å². The molecule has 0 aromatic carbocycles. The van der Waals surface area contributed by atoms with Gasteiger partial charge >= 0.3 is 5.97 Å². The van der Waals surface area contributed by atoms with Gasteiger partial charge in [0.25, 0.3) is 0 Å². The lowest BCUT2D eigenvalue weighted by atomic mass is 10.1. The lowest BCUT2D eigenvalue weighted by Gasteiger charge is -2.14. The zero-order valence-corrected chi connectivity index (χ0v) is 12.8. The zero-order valence-electron chi connectivity index (χ0n) is 12.8. The molecule has 0 unspecified atom stereocenters. The average molecular weight is 325 g/mol. The largest absolute Gasteiger partial charge is 0.504 e. The van der Waals surface area contributed by atoms with E-state index in [4.69, 9.17) is 4.42 Å². The van der Waals surface area contributed by atoms with Gasteiger partial charge in [-0.15, -0.1) is 0 Å². The molecule has 2 aromatic rings. The lowest BCUT2D eigenvalue weighted by molar-refractivity contribution is 0.0694. The molecule has 122 valence electrons. The Kier molecular flexibility index (Phi) is 3.34. The number of pyridine rings is 1. The number of aromatic nitrogens is 1. The second-order valence-corrected chi connectivity index (χ2v) is 5.73. The average Bonchev–Trinajstić information content (AvgIpc) is 3.28. The van der Waals surface area contributed by atoms with Gasteiger partial charge in [0.05, 0.1) is 0 Å². The van der Waals surface area contributed by atoms with Gasteiger partial charge < -0.3 is 19.5 Å². The zero-order chi connectivity index (χ0) is 16.7. The number of hydrogen-bond donors (Lipinski definition) is 2. The number of carboxylic acids is 1. The van der Waals surface area contributed by atoms with E-state index in [1.807, 2.05) is 11.0 Å². The number of aromatic hydroxyl groups is 1. The number of carbonyl (C=O) groups is 1. The molecule has 7 heteroatoms. The van der Waals surface area contributed by atoms with Crippen molar-refractivity contribution in [3.05, 3.63) is 35.2 Å². The Morgan fingerprint density at radius 1 is 1.33 bits per heavy atom. The van der Waals surface area contributed by atoms with Crippen molar-refractivity contribution < 1.29 is 19.4 Å². The van der Waals surface area contributed by atoms with E-state index < -0.39 is 5.97 Å². The van der Waals surface area contributed by atoms with Gasteiger partial charge in [-0.05, 0) is 31.1 Å². The number of nitrogens with zero attached hydrogens (tertiary/aromatic N) is 3. The molecule has 0 amide bonds. The SMILES string of the molecule is O=C(O)c1c(N2CCCC2)oc(C=C2C=Nc3ncccc32)c1O.